The monoisotopic (exact) mass is 357 g/mol. The van der Waals surface area contributed by atoms with Crippen LogP contribution < -0.4 is 5.32 Å². The summed E-state index contributed by atoms with van der Waals surface area (Å²) < 4.78 is 5.96. The Balaban J connectivity index is 1.65. The molecular formula is C22H31NOS. The minimum Gasteiger partial charge on any atom is -0.376 e. The van der Waals surface area contributed by atoms with Crippen LogP contribution in [0.15, 0.2) is 47.8 Å². The van der Waals surface area contributed by atoms with Gasteiger partial charge < -0.3 is 10.1 Å². The Morgan fingerprint density at radius 3 is 2.68 bits per heavy atom. The zero-order valence-electron chi connectivity index (χ0n) is 15.7. The summed E-state index contributed by atoms with van der Waals surface area (Å²) in [4.78, 5) is 1.42. The first kappa shape index (κ1) is 18.6. The quantitative estimate of drug-likeness (QED) is 0.678. The predicted molar refractivity (Wildman–Crippen MR) is 107 cm³/mol. The molecule has 2 aromatic rings. The molecule has 3 rings (SSSR count). The summed E-state index contributed by atoms with van der Waals surface area (Å²) in [5.74, 6) is 1.30. The molecule has 1 aromatic carbocycles. The van der Waals surface area contributed by atoms with Crippen LogP contribution >= 0.6 is 11.3 Å². The van der Waals surface area contributed by atoms with Gasteiger partial charge in [0.2, 0.25) is 0 Å². The summed E-state index contributed by atoms with van der Waals surface area (Å²) >= 11 is 1.84. The Morgan fingerprint density at radius 2 is 2.00 bits per heavy atom. The summed E-state index contributed by atoms with van der Waals surface area (Å²) in [6, 6.07) is 15.9. The molecule has 0 saturated carbocycles. The summed E-state index contributed by atoms with van der Waals surface area (Å²) in [7, 11) is 0. The van der Waals surface area contributed by atoms with Crippen molar-refractivity contribution in [3.63, 3.8) is 0 Å². The maximum atomic E-state index is 5.96. The van der Waals surface area contributed by atoms with Gasteiger partial charge in [-0.1, -0.05) is 36.4 Å². The lowest BCUT2D eigenvalue weighted by atomic mass is 9.75. The Labute approximate surface area is 156 Å². The van der Waals surface area contributed by atoms with E-state index in [-0.39, 0.29) is 5.60 Å². The van der Waals surface area contributed by atoms with Gasteiger partial charge in [-0.05, 0) is 75.4 Å². The fourth-order valence-electron chi connectivity index (χ4n) is 4.09. The Kier molecular flexibility index (Phi) is 6.32. The third-order valence-corrected chi connectivity index (χ3v) is 6.46. The average molecular weight is 358 g/mol. The number of benzene rings is 1. The molecule has 0 amide bonds. The van der Waals surface area contributed by atoms with Crippen molar-refractivity contribution in [2.75, 3.05) is 13.2 Å². The van der Waals surface area contributed by atoms with Crippen molar-refractivity contribution in [2.45, 2.75) is 57.6 Å². The van der Waals surface area contributed by atoms with Gasteiger partial charge in [0.1, 0.15) is 0 Å². The highest BCUT2D eigenvalue weighted by molar-refractivity contribution is 7.10. The first-order valence-electron chi connectivity index (χ1n) is 9.51. The average Bonchev–Trinajstić information content (AvgIpc) is 3.13. The highest BCUT2D eigenvalue weighted by atomic mass is 32.1. The second kappa shape index (κ2) is 8.48. The second-order valence-electron chi connectivity index (χ2n) is 7.86. The van der Waals surface area contributed by atoms with Gasteiger partial charge in [0, 0.05) is 17.5 Å². The van der Waals surface area contributed by atoms with E-state index in [9.17, 15) is 0 Å². The Hall–Kier alpha value is -1.16. The van der Waals surface area contributed by atoms with E-state index >= 15 is 0 Å². The van der Waals surface area contributed by atoms with Crippen LogP contribution in [0.25, 0.3) is 0 Å². The van der Waals surface area contributed by atoms with Crippen molar-refractivity contribution in [3.8, 4) is 0 Å². The van der Waals surface area contributed by atoms with Crippen LogP contribution in [0.3, 0.4) is 0 Å². The molecule has 0 bridgehead atoms. The molecule has 1 N–H and O–H groups in total. The standard InChI is InChI=1S/C22H31NOS/c1-17(21-10-7-15-25-21)23-13-11-20(18-8-5-4-6-9-18)19-12-14-24-22(2,3)16-19/h4-10,15,17,19-20,23H,11-14,16H2,1-3H3/t17-,19+,20-/m0/s1. The molecule has 1 aromatic heterocycles. The van der Waals surface area contributed by atoms with Crippen molar-refractivity contribution in [1.29, 1.82) is 0 Å². The summed E-state index contributed by atoms with van der Waals surface area (Å²) in [6.45, 7) is 8.67. The van der Waals surface area contributed by atoms with Gasteiger partial charge in [0.25, 0.3) is 0 Å². The van der Waals surface area contributed by atoms with Crippen LogP contribution in [0.4, 0.5) is 0 Å². The van der Waals surface area contributed by atoms with Gasteiger partial charge in [0.15, 0.2) is 0 Å². The maximum absolute atomic E-state index is 5.96. The number of hydrogen-bond donors (Lipinski definition) is 1. The van der Waals surface area contributed by atoms with E-state index < -0.39 is 0 Å². The third-order valence-electron chi connectivity index (χ3n) is 5.41. The molecule has 3 heteroatoms. The second-order valence-corrected chi connectivity index (χ2v) is 8.84. The lowest BCUT2D eigenvalue weighted by molar-refractivity contribution is -0.0772. The smallest absolute Gasteiger partial charge is 0.0629 e. The zero-order chi connectivity index (χ0) is 17.7. The Morgan fingerprint density at radius 1 is 1.20 bits per heavy atom. The molecule has 2 heterocycles. The minimum atomic E-state index is 0.00758. The molecule has 3 atom stereocenters. The summed E-state index contributed by atoms with van der Waals surface area (Å²) in [5.41, 5.74) is 1.49. The van der Waals surface area contributed by atoms with Gasteiger partial charge in [-0.2, -0.15) is 0 Å². The molecule has 136 valence electrons. The molecule has 1 aliphatic rings. The molecule has 1 aliphatic heterocycles. The van der Waals surface area contributed by atoms with Gasteiger partial charge >= 0.3 is 0 Å². The van der Waals surface area contributed by atoms with E-state index in [1.807, 2.05) is 11.3 Å². The fraction of sp³-hybridized carbons (Fsp3) is 0.545. The van der Waals surface area contributed by atoms with Crippen LogP contribution in [-0.4, -0.2) is 18.8 Å². The molecule has 0 unspecified atom stereocenters. The lowest BCUT2D eigenvalue weighted by Gasteiger charge is -2.39. The topological polar surface area (TPSA) is 21.3 Å². The van der Waals surface area contributed by atoms with Gasteiger partial charge in [0.05, 0.1) is 5.60 Å². The highest BCUT2D eigenvalue weighted by Crippen LogP contribution is 2.39. The van der Waals surface area contributed by atoms with E-state index in [1.165, 1.54) is 23.3 Å². The lowest BCUT2D eigenvalue weighted by Crippen LogP contribution is -2.37. The zero-order valence-corrected chi connectivity index (χ0v) is 16.5. The number of rotatable bonds is 7. The van der Waals surface area contributed by atoms with E-state index in [0.29, 0.717) is 17.9 Å². The molecule has 1 saturated heterocycles. The van der Waals surface area contributed by atoms with Crippen LogP contribution in [0.5, 0.6) is 0 Å². The molecule has 2 nitrogen and oxygen atoms in total. The molecule has 0 spiro atoms. The van der Waals surface area contributed by atoms with Crippen LogP contribution in [-0.2, 0) is 4.74 Å². The SMILES string of the molecule is C[C@H](NCC[C@@H](c1ccccc1)[C@@H]1CCOC(C)(C)C1)c1cccs1. The van der Waals surface area contributed by atoms with Crippen LogP contribution in [0, 0.1) is 5.92 Å². The molecule has 25 heavy (non-hydrogen) atoms. The first-order chi connectivity index (χ1) is 12.1. The van der Waals surface area contributed by atoms with Gasteiger partial charge in [-0.15, -0.1) is 11.3 Å². The molecule has 1 fully saturated rings. The number of nitrogens with one attached hydrogen (secondary N) is 1. The fourth-order valence-corrected chi connectivity index (χ4v) is 4.85. The minimum absolute atomic E-state index is 0.00758. The van der Waals surface area contributed by atoms with Crippen molar-refractivity contribution >= 4 is 11.3 Å². The number of thiophene rings is 1. The van der Waals surface area contributed by atoms with E-state index in [2.05, 4.69) is 73.9 Å². The van der Waals surface area contributed by atoms with Crippen molar-refractivity contribution in [1.82, 2.24) is 5.32 Å². The molecular weight excluding hydrogens is 326 g/mol. The molecule has 0 aliphatic carbocycles. The molecule has 0 radical (unpaired) electrons. The van der Waals surface area contributed by atoms with Crippen LogP contribution in [0.2, 0.25) is 0 Å². The summed E-state index contributed by atoms with van der Waals surface area (Å²) in [5, 5.41) is 5.88. The summed E-state index contributed by atoms with van der Waals surface area (Å²) in [6.07, 6.45) is 3.50. The van der Waals surface area contributed by atoms with Crippen molar-refractivity contribution < 1.29 is 4.74 Å². The Bertz CT molecular complexity index is 623. The van der Waals surface area contributed by atoms with Crippen molar-refractivity contribution in [3.05, 3.63) is 58.3 Å². The predicted octanol–water partition coefficient (Wildman–Crippen LogP) is 5.78. The van der Waals surface area contributed by atoms with Gasteiger partial charge in [-0.3, -0.25) is 0 Å². The third kappa shape index (κ3) is 5.16. The first-order valence-corrected chi connectivity index (χ1v) is 10.4. The van der Waals surface area contributed by atoms with E-state index in [4.69, 9.17) is 4.74 Å². The number of hydrogen-bond acceptors (Lipinski definition) is 3. The highest BCUT2D eigenvalue weighted by Gasteiger charge is 2.33. The number of ether oxygens (including phenoxy) is 1. The van der Waals surface area contributed by atoms with Gasteiger partial charge in [-0.25, -0.2) is 0 Å². The van der Waals surface area contributed by atoms with E-state index in [0.717, 1.165) is 19.6 Å². The van der Waals surface area contributed by atoms with Crippen LogP contribution in [0.1, 0.15) is 62.4 Å². The maximum Gasteiger partial charge on any atom is 0.0629 e. The van der Waals surface area contributed by atoms with E-state index in [1.54, 1.807) is 0 Å². The van der Waals surface area contributed by atoms with Crippen molar-refractivity contribution in [2.24, 2.45) is 5.92 Å². The normalized spacial score (nSPS) is 22.4. The largest absolute Gasteiger partial charge is 0.376 e.